The number of benzene rings is 2. The van der Waals surface area contributed by atoms with E-state index < -0.39 is 0 Å². The first-order chi connectivity index (χ1) is 10.3. The molecule has 0 radical (unpaired) electrons. The standard InChI is InChI=1S/C16H13ClN2O2/c1-20-14-5-3-2-4-13(14)16-18-15(19-21-16)10-11-6-8-12(17)9-7-11/h2-9H,10H2,1H3. The molecule has 0 aliphatic carbocycles. The van der Waals surface area contributed by atoms with Crippen molar-refractivity contribution in [3.8, 4) is 17.2 Å². The predicted molar refractivity (Wildman–Crippen MR) is 80.5 cm³/mol. The van der Waals surface area contributed by atoms with Crippen LogP contribution in [0.1, 0.15) is 11.4 Å². The number of rotatable bonds is 4. The van der Waals surface area contributed by atoms with Crippen molar-refractivity contribution in [1.29, 1.82) is 0 Å². The average molecular weight is 301 g/mol. The predicted octanol–water partition coefficient (Wildman–Crippen LogP) is 3.99. The van der Waals surface area contributed by atoms with Crippen molar-refractivity contribution >= 4 is 11.6 Å². The first kappa shape index (κ1) is 13.6. The van der Waals surface area contributed by atoms with Gasteiger partial charge in [0.15, 0.2) is 5.82 Å². The Hall–Kier alpha value is -2.33. The van der Waals surface area contributed by atoms with E-state index in [4.69, 9.17) is 20.9 Å². The van der Waals surface area contributed by atoms with Crippen molar-refractivity contribution in [3.63, 3.8) is 0 Å². The Kier molecular flexibility index (Phi) is 3.88. The van der Waals surface area contributed by atoms with Gasteiger partial charge in [-0.3, -0.25) is 0 Å². The van der Waals surface area contributed by atoms with Crippen molar-refractivity contribution in [2.45, 2.75) is 6.42 Å². The van der Waals surface area contributed by atoms with Crippen molar-refractivity contribution < 1.29 is 9.26 Å². The van der Waals surface area contributed by atoms with Gasteiger partial charge < -0.3 is 9.26 Å². The SMILES string of the molecule is COc1ccccc1-c1nc(Cc2ccc(Cl)cc2)no1. The van der Waals surface area contributed by atoms with Gasteiger partial charge in [-0.05, 0) is 29.8 Å². The Balaban J connectivity index is 1.84. The van der Waals surface area contributed by atoms with Gasteiger partial charge in [-0.15, -0.1) is 0 Å². The Labute approximate surface area is 127 Å². The topological polar surface area (TPSA) is 48.2 Å². The zero-order valence-corrected chi connectivity index (χ0v) is 12.2. The largest absolute Gasteiger partial charge is 0.496 e. The highest BCUT2D eigenvalue weighted by Gasteiger charge is 2.13. The minimum absolute atomic E-state index is 0.455. The van der Waals surface area contributed by atoms with Crippen LogP contribution >= 0.6 is 11.6 Å². The van der Waals surface area contributed by atoms with E-state index in [0.29, 0.717) is 28.9 Å². The molecular weight excluding hydrogens is 288 g/mol. The quantitative estimate of drug-likeness (QED) is 0.731. The van der Waals surface area contributed by atoms with E-state index in [1.165, 1.54) is 0 Å². The van der Waals surface area contributed by atoms with Crippen LogP contribution < -0.4 is 4.74 Å². The van der Waals surface area contributed by atoms with Gasteiger partial charge in [-0.25, -0.2) is 0 Å². The minimum atomic E-state index is 0.455. The number of aromatic nitrogens is 2. The number of hydrogen-bond donors (Lipinski definition) is 0. The van der Waals surface area contributed by atoms with Gasteiger partial charge in [0.25, 0.3) is 5.89 Å². The number of ether oxygens (including phenoxy) is 1. The number of hydrogen-bond acceptors (Lipinski definition) is 4. The van der Waals surface area contributed by atoms with E-state index >= 15 is 0 Å². The first-order valence-electron chi connectivity index (χ1n) is 6.46. The van der Waals surface area contributed by atoms with E-state index in [1.54, 1.807) is 7.11 Å². The highest BCUT2D eigenvalue weighted by molar-refractivity contribution is 6.30. The molecule has 2 aromatic carbocycles. The lowest BCUT2D eigenvalue weighted by Crippen LogP contribution is -1.91. The fourth-order valence-corrected chi connectivity index (χ4v) is 2.17. The fraction of sp³-hybridized carbons (Fsp3) is 0.125. The van der Waals surface area contributed by atoms with Gasteiger partial charge in [0.2, 0.25) is 0 Å². The molecule has 0 saturated carbocycles. The molecule has 0 spiro atoms. The summed E-state index contributed by atoms with van der Waals surface area (Å²) in [5.74, 6) is 1.79. The van der Waals surface area contributed by atoms with E-state index in [1.807, 2.05) is 48.5 Å². The number of methoxy groups -OCH3 is 1. The Morgan fingerprint density at radius 3 is 2.62 bits per heavy atom. The lowest BCUT2D eigenvalue weighted by Gasteiger charge is -2.02. The number of para-hydroxylation sites is 1. The van der Waals surface area contributed by atoms with Crippen LogP contribution in [-0.2, 0) is 6.42 Å². The van der Waals surface area contributed by atoms with Gasteiger partial charge in [0.05, 0.1) is 12.7 Å². The molecule has 106 valence electrons. The molecule has 4 nitrogen and oxygen atoms in total. The molecular formula is C16H13ClN2O2. The molecule has 0 amide bonds. The number of halogens is 1. The number of nitrogens with zero attached hydrogens (tertiary/aromatic N) is 2. The van der Waals surface area contributed by atoms with Crippen molar-refractivity contribution in [2.24, 2.45) is 0 Å². The van der Waals surface area contributed by atoms with Crippen LogP contribution in [0.25, 0.3) is 11.5 Å². The van der Waals surface area contributed by atoms with Crippen LogP contribution in [0.15, 0.2) is 53.1 Å². The van der Waals surface area contributed by atoms with Gasteiger partial charge >= 0.3 is 0 Å². The van der Waals surface area contributed by atoms with Crippen LogP contribution in [0.2, 0.25) is 5.02 Å². The summed E-state index contributed by atoms with van der Waals surface area (Å²) in [5.41, 5.74) is 1.86. The molecule has 0 atom stereocenters. The van der Waals surface area contributed by atoms with Crippen LogP contribution in [0.3, 0.4) is 0 Å². The molecule has 0 aliphatic heterocycles. The maximum Gasteiger partial charge on any atom is 0.261 e. The summed E-state index contributed by atoms with van der Waals surface area (Å²) in [6, 6.07) is 15.1. The van der Waals surface area contributed by atoms with E-state index in [9.17, 15) is 0 Å². The first-order valence-corrected chi connectivity index (χ1v) is 6.84. The highest BCUT2D eigenvalue weighted by Crippen LogP contribution is 2.28. The minimum Gasteiger partial charge on any atom is -0.496 e. The second-order valence-corrected chi connectivity index (χ2v) is 4.96. The second kappa shape index (κ2) is 5.97. The molecule has 3 rings (SSSR count). The lowest BCUT2D eigenvalue weighted by atomic mass is 10.1. The lowest BCUT2D eigenvalue weighted by molar-refractivity contribution is 0.403. The van der Waals surface area contributed by atoms with Gasteiger partial charge in [0, 0.05) is 11.4 Å². The van der Waals surface area contributed by atoms with E-state index in [-0.39, 0.29) is 0 Å². The van der Waals surface area contributed by atoms with Crippen LogP contribution in [-0.4, -0.2) is 17.3 Å². The van der Waals surface area contributed by atoms with Crippen LogP contribution in [0, 0.1) is 0 Å². The molecule has 21 heavy (non-hydrogen) atoms. The van der Waals surface area contributed by atoms with Crippen molar-refractivity contribution in [1.82, 2.24) is 10.1 Å². The Morgan fingerprint density at radius 1 is 1.10 bits per heavy atom. The van der Waals surface area contributed by atoms with Gasteiger partial charge in [-0.2, -0.15) is 4.98 Å². The molecule has 0 fully saturated rings. The highest BCUT2D eigenvalue weighted by atomic mass is 35.5. The van der Waals surface area contributed by atoms with Crippen molar-refractivity contribution in [3.05, 3.63) is 64.9 Å². The summed E-state index contributed by atoms with van der Waals surface area (Å²) >= 11 is 5.87. The smallest absolute Gasteiger partial charge is 0.261 e. The molecule has 0 N–H and O–H groups in total. The Bertz CT molecular complexity index is 738. The summed E-state index contributed by atoms with van der Waals surface area (Å²) in [7, 11) is 1.61. The summed E-state index contributed by atoms with van der Waals surface area (Å²) in [4.78, 5) is 4.42. The summed E-state index contributed by atoms with van der Waals surface area (Å²) in [6.45, 7) is 0. The van der Waals surface area contributed by atoms with Gasteiger partial charge in [-0.1, -0.05) is 41.0 Å². The third-order valence-electron chi connectivity index (χ3n) is 3.08. The molecule has 0 saturated heterocycles. The Morgan fingerprint density at radius 2 is 1.86 bits per heavy atom. The normalized spacial score (nSPS) is 10.6. The maximum atomic E-state index is 5.87. The summed E-state index contributed by atoms with van der Waals surface area (Å²) < 4.78 is 10.6. The average Bonchev–Trinajstić information content (AvgIpc) is 2.98. The molecule has 0 bridgehead atoms. The second-order valence-electron chi connectivity index (χ2n) is 4.52. The zero-order valence-electron chi connectivity index (χ0n) is 11.4. The molecule has 0 unspecified atom stereocenters. The summed E-state index contributed by atoms with van der Waals surface area (Å²) in [5, 5.41) is 4.72. The molecule has 3 aromatic rings. The molecule has 0 aliphatic rings. The van der Waals surface area contributed by atoms with Crippen LogP contribution in [0.5, 0.6) is 5.75 Å². The molecule has 5 heteroatoms. The summed E-state index contributed by atoms with van der Waals surface area (Å²) in [6.07, 6.45) is 0.593. The maximum absolute atomic E-state index is 5.87. The van der Waals surface area contributed by atoms with Crippen LogP contribution in [0.4, 0.5) is 0 Å². The third kappa shape index (κ3) is 3.06. The van der Waals surface area contributed by atoms with Crippen molar-refractivity contribution in [2.75, 3.05) is 7.11 Å². The molecule has 1 heterocycles. The van der Waals surface area contributed by atoms with E-state index in [2.05, 4.69) is 10.1 Å². The van der Waals surface area contributed by atoms with Gasteiger partial charge in [0.1, 0.15) is 5.75 Å². The molecule has 1 aromatic heterocycles. The monoisotopic (exact) mass is 300 g/mol. The fourth-order valence-electron chi connectivity index (χ4n) is 2.04. The van der Waals surface area contributed by atoms with E-state index in [0.717, 1.165) is 11.1 Å². The third-order valence-corrected chi connectivity index (χ3v) is 3.33. The zero-order chi connectivity index (χ0) is 14.7.